The molecule has 2 aliphatic rings. The SMILES string of the molecule is C/C=C/c1ccc([C@@H]2[C@@H](CNC(=O)C3CC3)N(C(=O)NCCC)[C@H]2CO)cc1. The van der Waals surface area contributed by atoms with Crippen LogP contribution in [0, 0.1) is 5.92 Å². The number of nitrogens with one attached hydrogen (secondary N) is 2. The van der Waals surface area contributed by atoms with Crippen molar-refractivity contribution in [3.63, 3.8) is 0 Å². The zero-order valence-corrected chi connectivity index (χ0v) is 16.7. The molecule has 152 valence electrons. The van der Waals surface area contributed by atoms with E-state index in [0.717, 1.165) is 30.4 Å². The second-order valence-corrected chi connectivity index (χ2v) is 7.67. The summed E-state index contributed by atoms with van der Waals surface area (Å²) >= 11 is 0. The number of aliphatic hydroxyl groups is 1. The van der Waals surface area contributed by atoms with Crippen molar-refractivity contribution in [2.75, 3.05) is 19.7 Å². The van der Waals surface area contributed by atoms with Gasteiger partial charge in [-0.25, -0.2) is 4.79 Å². The van der Waals surface area contributed by atoms with Crippen LogP contribution in [0.1, 0.15) is 50.2 Å². The van der Waals surface area contributed by atoms with Crippen LogP contribution < -0.4 is 10.6 Å². The summed E-state index contributed by atoms with van der Waals surface area (Å²) in [4.78, 5) is 26.5. The van der Waals surface area contributed by atoms with Gasteiger partial charge in [0.05, 0.1) is 18.7 Å². The molecule has 1 saturated heterocycles. The monoisotopic (exact) mass is 385 g/mol. The molecule has 0 radical (unpaired) electrons. The summed E-state index contributed by atoms with van der Waals surface area (Å²) in [5.74, 6) is 0.203. The molecule has 3 atom stereocenters. The molecule has 3 N–H and O–H groups in total. The summed E-state index contributed by atoms with van der Waals surface area (Å²) in [5.41, 5.74) is 2.19. The van der Waals surface area contributed by atoms with E-state index in [-0.39, 0.29) is 42.5 Å². The number of hydrogen-bond acceptors (Lipinski definition) is 3. The second-order valence-electron chi connectivity index (χ2n) is 7.67. The van der Waals surface area contributed by atoms with E-state index >= 15 is 0 Å². The molecule has 0 aromatic heterocycles. The van der Waals surface area contributed by atoms with Gasteiger partial charge in [0, 0.05) is 24.9 Å². The number of allylic oxidation sites excluding steroid dienone is 1. The highest BCUT2D eigenvalue weighted by Gasteiger charge is 2.51. The predicted octanol–water partition coefficient (Wildman–Crippen LogP) is 2.49. The zero-order valence-electron chi connectivity index (χ0n) is 16.7. The minimum atomic E-state index is -0.285. The Labute approximate surface area is 167 Å². The van der Waals surface area contributed by atoms with E-state index in [1.807, 2.05) is 38.1 Å². The predicted molar refractivity (Wildman–Crippen MR) is 110 cm³/mol. The van der Waals surface area contributed by atoms with Crippen LogP contribution in [0.4, 0.5) is 4.79 Å². The van der Waals surface area contributed by atoms with Gasteiger partial charge in [0.25, 0.3) is 0 Å². The molecule has 28 heavy (non-hydrogen) atoms. The van der Waals surface area contributed by atoms with Gasteiger partial charge in [-0.05, 0) is 37.3 Å². The van der Waals surface area contributed by atoms with Gasteiger partial charge < -0.3 is 20.6 Å². The Balaban J connectivity index is 1.77. The minimum absolute atomic E-state index is 0.00321. The van der Waals surface area contributed by atoms with Crippen molar-refractivity contribution in [3.8, 4) is 0 Å². The highest BCUT2D eigenvalue weighted by molar-refractivity contribution is 5.81. The number of carbonyl (C=O) groups excluding carboxylic acids is 2. The van der Waals surface area contributed by atoms with Crippen molar-refractivity contribution < 1.29 is 14.7 Å². The molecule has 6 nitrogen and oxygen atoms in total. The van der Waals surface area contributed by atoms with Crippen LogP contribution in [0.2, 0.25) is 0 Å². The number of hydrogen-bond donors (Lipinski definition) is 3. The quantitative estimate of drug-likeness (QED) is 0.643. The fourth-order valence-electron chi connectivity index (χ4n) is 3.96. The zero-order chi connectivity index (χ0) is 20.1. The fourth-order valence-corrected chi connectivity index (χ4v) is 3.96. The first-order valence-electron chi connectivity index (χ1n) is 10.3. The van der Waals surface area contributed by atoms with Crippen molar-refractivity contribution in [2.24, 2.45) is 5.92 Å². The van der Waals surface area contributed by atoms with Gasteiger partial charge in [0.1, 0.15) is 0 Å². The molecule has 3 rings (SSSR count). The van der Waals surface area contributed by atoms with Crippen LogP contribution in [-0.4, -0.2) is 53.7 Å². The first-order valence-corrected chi connectivity index (χ1v) is 10.3. The Hall–Kier alpha value is -2.34. The van der Waals surface area contributed by atoms with Gasteiger partial charge >= 0.3 is 6.03 Å². The summed E-state index contributed by atoms with van der Waals surface area (Å²) in [7, 11) is 0. The number of amides is 3. The summed E-state index contributed by atoms with van der Waals surface area (Å²) in [6.07, 6.45) is 6.78. The van der Waals surface area contributed by atoms with E-state index in [4.69, 9.17) is 0 Å². The van der Waals surface area contributed by atoms with Crippen molar-refractivity contribution in [3.05, 3.63) is 41.5 Å². The van der Waals surface area contributed by atoms with Crippen LogP contribution in [-0.2, 0) is 4.79 Å². The lowest BCUT2D eigenvalue weighted by molar-refractivity contribution is -0.123. The third kappa shape index (κ3) is 4.38. The van der Waals surface area contributed by atoms with E-state index in [1.165, 1.54) is 0 Å². The van der Waals surface area contributed by atoms with Gasteiger partial charge in [-0.1, -0.05) is 43.3 Å². The molecule has 0 unspecified atom stereocenters. The lowest BCUT2D eigenvalue weighted by Crippen LogP contribution is -2.70. The average Bonchev–Trinajstić information content (AvgIpc) is 3.52. The number of nitrogens with zero attached hydrogens (tertiary/aromatic N) is 1. The first kappa shape index (κ1) is 20.4. The maximum atomic E-state index is 12.7. The molecule has 1 heterocycles. The topological polar surface area (TPSA) is 81.7 Å². The molecule has 2 fully saturated rings. The van der Waals surface area contributed by atoms with Gasteiger partial charge in [0.15, 0.2) is 0 Å². The van der Waals surface area contributed by atoms with E-state index in [2.05, 4.69) is 22.8 Å². The molecular formula is C22H31N3O3. The van der Waals surface area contributed by atoms with Gasteiger partial charge in [0.2, 0.25) is 5.91 Å². The molecule has 1 aromatic rings. The van der Waals surface area contributed by atoms with Crippen LogP contribution >= 0.6 is 0 Å². The van der Waals surface area contributed by atoms with E-state index in [1.54, 1.807) is 4.90 Å². The number of carbonyl (C=O) groups is 2. The smallest absolute Gasteiger partial charge is 0.318 e. The Bertz CT molecular complexity index is 712. The van der Waals surface area contributed by atoms with E-state index in [0.29, 0.717) is 13.1 Å². The first-order chi connectivity index (χ1) is 13.6. The Morgan fingerprint density at radius 2 is 1.89 bits per heavy atom. The largest absolute Gasteiger partial charge is 0.394 e. The summed E-state index contributed by atoms with van der Waals surface area (Å²) in [6, 6.07) is 7.58. The molecule has 1 saturated carbocycles. The van der Waals surface area contributed by atoms with Crippen LogP contribution in [0.5, 0.6) is 0 Å². The van der Waals surface area contributed by atoms with Crippen LogP contribution in [0.3, 0.4) is 0 Å². The lowest BCUT2D eigenvalue weighted by atomic mass is 9.75. The van der Waals surface area contributed by atoms with Gasteiger partial charge in [-0.2, -0.15) is 0 Å². The lowest BCUT2D eigenvalue weighted by Gasteiger charge is -2.54. The number of urea groups is 1. The van der Waals surface area contributed by atoms with Crippen LogP contribution in [0.25, 0.3) is 6.08 Å². The Kier molecular flexibility index (Phi) is 6.73. The van der Waals surface area contributed by atoms with Crippen molar-refractivity contribution >= 4 is 18.0 Å². The molecule has 3 amide bonds. The van der Waals surface area contributed by atoms with Crippen molar-refractivity contribution in [2.45, 2.75) is 51.1 Å². The molecule has 6 heteroatoms. The Morgan fingerprint density at radius 3 is 2.46 bits per heavy atom. The summed E-state index contributed by atoms with van der Waals surface area (Å²) < 4.78 is 0. The molecule has 1 aromatic carbocycles. The third-order valence-electron chi connectivity index (χ3n) is 5.61. The molecular weight excluding hydrogens is 354 g/mol. The van der Waals surface area contributed by atoms with Gasteiger partial charge in [-0.3, -0.25) is 4.79 Å². The normalized spacial score (nSPS) is 24.1. The maximum absolute atomic E-state index is 12.7. The van der Waals surface area contributed by atoms with Crippen molar-refractivity contribution in [1.29, 1.82) is 0 Å². The summed E-state index contributed by atoms with van der Waals surface area (Å²) in [5, 5.41) is 15.9. The van der Waals surface area contributed by atoms with E-state index < -0.39 is 0 Å². The molecule has 0 spiro atoms. The molecule has 1 aliphatic carbocycles. The molecule has 1 aliphatic heterocycles. The third-order valence-corrected chi connectivity index (χ3v) is 5.61. The maximum Gasteiger partial charge on any atom is 0.318 e. The highest BCUT2D eigenvalue weighted by Crippen LogP contribution is 2.40. The van der Waals surface area contributed by atoms with Gasteiger partial charge in [-0.15, -0.1) is 0 Å². The number of benzene rings is 1. The average molecular weight is 386 g/mol. The van der Waals surface area contributed by atoms with Crippen molar-refractivity contribution in [1.82, 2.24) is 15.5 Å². The summed E-state index contributed by atoms with van der Waals surface area (Å²) in [6.45, 7) is 4.88. The van der Waals surface area contributed by atoms with Crippen LogP contribution in [0.15, 0.2) is 30.3 Å². The molecule has 0 bridgehead atoms. The number of aliphatic hydroxyl groups excluding tert-OH is 1. The number of rotatable bonds is 8. The van der Waals surface area contributed by atoms with E-state index in [9.17, 15) is 14.7 Å². The highest BCUT2D eigenvalue weighted by atomic mass is 16.3. The standard InChI is InChI=1S/C22H31N3O3/c1-3-5-15-6-8-16(9-7-15)20-18(13-24-21(27)17-10-11-17)25(19(20)14-26)22(28)23-12-4-2/h3,5-9,17-20,26H,4,10-14H2,1-2H3,(H,23,28)(H,24,27)/b5-3+/t18-,19+,20-/m1/s1. The minimum Gasteiger partial charge on any atom is -0.394 e. The number of likely N-dealkylation sites (tertiary alicyclic amines) is 1. The second kappa shape index (κ2) is 9.24. The fraction of sp³-hybridized carbons (Fsp3) is 0.545. The Morgan fingerprint density at radius 1 is 1.18 bits per heavy atom.